The summed E-state index contributed by atoms with van der Waals surface area (Å²) in [5.74, 6) is 1.25. The zero-order chi connectivity index (χ0) is 12.3. The molecule has 1 heterocycles. The van der Waals surface area contributed by atoms with Crippen molar-refractivity contribution in [2.24, 2.45) is 0 Å². The first-order chi connectivity index (χ1) is 8.22. The summed E-state index contributed by atoms with van der Waals surface area (Å²) in [7, 11) is 1.59. The molecule has 0 aliphatic carbocycles. The molecule has 0 spiro atoms. The van der Waals surface area contributed by atoms with Crippen molar-refractivity contribution in [1.29, 1.82) is 0 Å². The summed E-state index contributed by atoms with van der Waals surface area (Å²) < 4.78 is 10.5. The molecular formula is C11H13N3O2S. The summed E-state index contributed by atoms with van der Waals surface area (Å²) in [6.07, 6.45) is 2.46. The van der Waals surface area contributed by atoms with E-state index in [9.17, 15) is 0 Å². The summed E-state index contributed by atoms with van der Waals surface area (Å²) in [6, 6.07) is 5.61. The van der Waals surface area contributed by atoms with Crippen LogP contribution in [0.2, 0.25) is 0 Å². The summed E-state index contributed by atoms with van der Waals surface area (Å²) in [6.45, 7) is 0. The fourth-order valence-corrected chi connectivity index (χ4v) is 1.76. The molecule has 1 aromatic heterocycles. The quantitative estimate of drug-likeness (QED) is 0.661. The Morgan fingerprint density at radius 2 is 2.24 bits per heavy atom. The summed E-state index contributed by atoms with van der Waals surface area (Å²) >= 11 is 1.42. The van der Waals surface area contributed by atoms with Crippen LogP contribution in [0.4, 0.5) is 5.69 Å². The van der Waals surface area contributed by atoms with Gasteiger partial charge in [0.05, 0.1) is 19.2 Å². The number of methoxy groups -OCH3 is 1. The number of nitrogens with zero attached hydrogens (tertiary/aromatic N) is 2. The minimum absolute atomic E-state index is 0.571. The molecule has 0 aliphatic rings. The third-order valence-corrected chi connectivity index (χ3v) is 2.79. The number of ether oxygens (including phenoxy) is 1. The molecule has 0 atom stereocenters. The maximum Gasteiger partial charge on any atom is 0.276 e. The van der Waals surface area contributed by atoms with Crippen molar-refractivity contribution in [2.75, 3.05) is 19.1 Å². The Balaban J connectivity index is 2.15. The molecule has 2 N–H and O–H groups in total. The molecule has 0 amide bonds. The van der Waals surface area contributed by atoms with Crippen molar-refractivity contribution in [3.8, 4) is 5.75 Å². The van der Waals surface area contributed by atoms with Crippen LogP contribution in [0.3, 0.4) is 0 Å². The van der Waals surface area contributed by atoms with E-state index in [1.807, 2.05) is 24.5 Å². The van der Waals surface area contributed by atoms with Crippen molar-refractivity contribution in [2.45, 2.75) is 11.6 Å². The lowest BCUT2D eigenvalue weighted by Crippen LogP contribution is -1.95. The number of benzene rings is 1. The Kier molecular flexibility index (Phi) is 3.53. The van der Waals surface area contributed by atoms with E-state index in [2.05, 4.69) is 10.2 Å². The molecule has 0 radical (unpaired) electrons. The fourth-order valence-electron chi connectivity index (χ4n) is 1.46. The van der Waals surface area contributed by atoms with Crippen LogP contribution >= 0.6 is 11.8 Å². The van der Waals surface area contributed by atoms with Crippen LogP contribution in [-0.2, 0) is 6.42 Å². The van der Waals surface area contributed by atoms with Gasteiger partial charge in [0, 0.05) is 0 Å². The number of nitrogens with two attached hydrogens (primary N) is 1. The van der Waals surface area contributed by atoms with Gasteiger partial charge in [-0.3, -0.25) is 0 Å². The Labute approximate surface area is 103 Å². The standard InChI is InChI=1S/C11H13N3O2S/c1-15-9-4-3-7(5-8(9)12)6-10-13-14-11(16-10)17-2/h3-5H,6,12H2,1-2H3. The van der Waals surface area contributed by atoms with Gasteiger partial charge in [-0.2, -0.15) is 0 Å². The molecule has 0 unspecified atom stereocenters. The van der Waals surface area contributed by atoms with Gasteiger partial charge in [-0.15, -0.1) is 10.2 Å². The largest absolute Gasteiger partial charge is 0.495 e. The lowest BCUT2D eigenvalue weighted by atomic mass is 10.1. The Hall–Kier alpha value is -1.69. The molecule has 2 rings (SSSR count). The molecule has 0 aliphatic heterocycles. The van der Waals surface area contributed by atoms with Gasteiger partial charge in [-0.1, -0.05) is 17.8 Å². The van der Waals surface area contributed by atoms with Gasteiger partial charge in [0.2, 0.25) is 5.89 Å². The molecule has 0 saturated heterocycles. The molecule has 6 heteroatoms. The first-order valence-electron chi connectivity index (χ1n) is 5.01. The molecule has 0 saturated carbocycles. The van der Waals surface area contributed by atoms with Gasteiger partial charge in [-0.25, -0.2) is 0 Å². The molecule has 0 bridgehead atoms. The van der Waals surface area contributed by atoms with Gasteiger partial charge in [0.1, 0.15) is 5.75 Å². The van der Waals surface area contributed by atoms with Crippen molar-refractivity contribution >= 4 is 17.4 Å². The molecule has 0 fully saturated rings. The van der Waals surface area contributed by atoms with Crippen molar-refractivity contribution in [1.82, 2.24) is 10.2 Å². The van der Waals surface area contributed by atoms with Gasteiger partial charge < -0.3 is 14.9 Å². The number of rotatable bonds is 4. The molecular weight excluding hydrogens is 238 g/mol. The first-order valence-corrected chi connectivity index (χ1v) is 6.24. The number of nitrogen functional groups attached to an aromatic ring is 1. The highest BCUT2D eigenvalue weighted by Gasteiger charge is 2.07. The Morgan fingerprint density at radius 1 is 1.41 bits per heavy atom. The minimum Gasteiger partial charge on any atom is -0.495 e. The highest BCUT2D eigenvalue weighted by molar-refractivity contribution is 7.98. The van der Waals surface area contributed by atoms with Gasteiger partial charge in [-0.05, 0) is 24.0 Å². The SMILES string of the molecule is COc1ccc(Cc2nnc(SC)o2)cc1N. The van der Waals surface area contributed by atoms with E-state index in [4.69, 9.17) is 14.9 Å². The molecule has 2 aromatic rings. The van der Waals surface area contributed by atoms with E-state index in [1.165, 1.54) is 11.8 Å². The zero-order valence-electron chi connectivity index (χ0n) is 9.64. The predicted molar refractivity (Wildman–Crippen MR) is 66.3 cm³/mol. The Morgan fingerprint density at radius 3 is 2.82 bits per heavy atom. The minimum atomic E-state index is 0.571. The van der Waals surface area contributed by atoms with Crippen molar-refractivity contribution in [3.05, 3.63) is 29.7 Å². The second kappa shape index (κ2) is 5.09. The maximum atomic E-state index is 5.82. The first kappa shape index (κ1) is 11.8. The molecule has 17 heavy (non-hydrogen) atoms. The third kappa shape index (κ3) is 2.71. The fraction of sp³-hybridized carbons (Fsp3) is 0.273. The number of hydrogen-bond acceptors (Lipinski definition) is 6. The average Bonchev–Trinajstić information content (AvgIpc) is 2.77. The number of anilines is 1. The zero-order valence-corrected chi connectivity index (χ0v) is 10.5. The number of aromatic nitrogens is 2. The van der Waals surface area contributed by atoms with Crippen LogP contribution in [0, 0.1) is 0 Å². The topological polar surface area (TPSA) is 74.2 Å². The van der Waals surface area contributed by atoms with Gasteiger partial charge >= 0.3 is 0 Å². The van der Waals surface area contributed by atoms with E-state index in [0.717, 1.165) is 5.56 Å². The van der Waals surface area contributed by atoms with Crippen LogP contribution in [-0.4, -0.2) is 23.6 Å². The van der Waals surface area contributed by atoms with Crippen LogP contribution < -0.4 is 10.5 Å². The van der Waals surface area contributed by atoms with E-state index < -0.39 is 0 Å². The lowest BCUT2D eigenvalue weighted by Gasteiger charge is -2.05. The molecule has 1 aromatic carbocycles. The Bertz CT molecular complexity index is 513. The van der Waals surface area contributed by atoms with Crippen LogP contribution in [0.25, 0.3) is 0 Å². The maximum absolute atomic E-state index is 5.82. The molecule has 5 nitrogen and oxygen atoms in total. The summed E-state index contributed by atoms with van der Waals surface area (Å²) in [5, 5.41) is 8.39. The highest BCUT2D eigenvalue weighted by atomic mass is 32.2. The van der Waals surface area contributed by atoms with Gasteiger partial charge in [0.25, 0.3) is 5.22 Å². The lowest BCUT2D eigenvalue weighted by molar-refractivity contribution is 0.415. The van der Waals surface area contributed by atoms with Crippen molar-refractivity contribution < 1.29 is 9.15 Å². The monoisotopic (exact) mass is 251 g/mol. The summed E-state index contributed by atoms with van der Waals surface area (Å²) in [5.41, 5.74) is 7.44. The van der Waals surface area contributed by atoms with Crippen LogP contribution in [0.5, 0.6) is 5.75 Å². The summed E-state index contributed by atoms with van der Waals surface area (Å²) in [4.78, 5) is 0. The molecule has 90 valence electrons. The highest BCUT2D eigenvalue weighted by Crippen LogP contribution is 2.23. The van der Waals surface area contributed by atoms with Crippen LogP contribution in [0.15, 0.2) is 27.8 Å². The van der Waals surface area contributed by atoms with E-state index in [1.54, 1.807) is 7.11 Å². The van der Waals surface area contributed by atoms with Crippen LogP contribution in [0.1, 0.15) is 11.5 Å². The van der Waals surface area contributed by atoms with E-state index >= 15 is 0 Å². The predicted octanol–water partition coefficient (Wildman–Crippen LogP) is 1.97. The van der Waals surface area contributed by atoms with E-state index in [-0.39, 0.29) is 0 Å². The normalized spacial score (nSPS) is 10.5. The number of hydrogen-bond donors (Lipinski definition) is 1. The number of thioether (sulfide) groups is 1. The smallest absolute Gasteiger partial charge is 0.276 e. The van der Waals surface area contributed by atoms with Crippen molar-refractivity contribution in [3.63, 3.8) is 0 Å². The second-order valence-corrected chi connectivity index (χ2v) is 4.18. The average molecular weight is 251 g/mol. The van der Waals surface area contributed by atoms with E-state index in [0.29, 0.717) is 29.0 Å². The van der Waals surface area contributed by atoms with Gasteiger partial charge in [0.15, 0.2) is 0 Å². The third-order valence-electron chi connectivity index (χ3n) is 2.27. The second-order valence-electron chi connectivity index (χ2n) is 3.42.